The Labute approximate surface area is 142 Å². The molecule has 0 bridgehead atoms. The summed E-state index contributed by atoms with van der Waals surface area (Å²) in [5.74, 6) is -0.231. The monoisotopic (exact) mass is 344 g/mol. The first-order valence-electron chi connectivity index (χ1n) is 7.41. The fraction of sp³-hybridized carbons (Fsp3) is 0.167. The van der Waals surface area contributed by atoms with E-state index >= 15 is 0 Å². The largest absolute Gasteiger partial charge is 0.349 e. The number of rotatable bonds is 6. The van der Waals surface area contributed by atoms with Gasteiger partial charge in [0.15, 0.2) is 0 Å². The summed E-state index contributed by atoms with van der Waals surface area (Å²) in [5.41, 5.74) is 1.93. The van der Waals surface area contributed by atoms with Crippen molar-refractivity contribution in [3.63, 3.8) is 0 Å². The summed E-state index contributed by atoms with van der Waals surface area (Å²) in [6.07, 6.45) is 1.59. The number of nitrogens with one attached hydrogen (secondary N) is 1. The molecule has 0 aliphatic carbocycles. The minimum Gasteiger partial charge on any atom is -0.349 e. The Morgan fingerprint density at radius 3 is 2.25 bits per heavy atom. The third-order valence-electron chi connectivity index (χ3n) is 3.58. The lowest BCUT2D eigenvalue weighted by Crippen LogP contribution is -2.27. The summed E-state index contributed by atoms with van der Waals surface area (Å²) in [5, 5.41) is 2.67. The summed E-state index contributed by atoms with van der Waals surface area (Å²) >= 11 is 0. The molecule has 0 fully saturated rings. The van der Waals surface area contributed by atoms with Crippen LogP contribution in [-0.4, -0.2) is 27.9 Å². The van der Waals surface area contributed by atoms with Crippen LogP contribution >= 0.6 is 0 Å². The lowest BCUT2D eigenvalue weighted by molar-refractivity contribution is 0.0958. The minimum atomic E-state index is -3.64. The average molecular weight is 344 g/mol. The van der Waals surface area contributed by atoms with Gasteiger partial charge in [0.1, 0.15) is 0 Å². The van der Waals surface area contributed by atoms with Gasteiger partial charge >= 0.3 is 0 Å². The lowest BCUT2D eigenvalue weighted by atomic mass is 10.2. The Balaban J connectivity index is 2.23. The predicted octanol–water partition coefficient (Wildman–Crippen LogP) is 2.74. The molecule has 2 aromatic carbocycles. The Morgan fingerprint density at radius 1 is 1.12 bits per heavy atom. The lowest BCUT2D eigenvalue weighted by Gasteiger charge is -2.20. The zero-order valence-electron chi connectivity index (χ0n) is 13.7. The highest BCUT2D eigenvalue weighted by Crippen LogP contribution is 2.22. The molecule has 0 spiro atoms. The molecule has 1 amide bonds. The van der Waals surface area contributed by atoms with E-state index in [1.165, 1.54) is 11.4 Å². The molecular formula is C18H20N2O3S. The highest BCUT2D eigenvalue weighted by molar-refractivity contribution is 7.92. The van der Waals surface area contributed by atoms with E-state index in [2.05, 4.69) is 11.9 Å². The maximum absolute atomic E-state index is 12.6. The zero-order chi connectivity index (χ0) is 17.7. The van der Waals surface area contributed by atoms with Gasteiger partial charge in [-0.25, -0.2) is 8.42 Å². The fourth-order valence-corrected chi connectivity index (χ4v) is 3.29. The topological polar surface area (TPSA) is 66.5 Å². The Kier molecular flexibility index (Phi) is 5.41. The molecule has 0 aromatic heterocycles. The van der Waals surface area contributed by atoms with Crippen molar-refractivity contribution in [1.29, 1.82) is 0 Å². The van der Waals surface area contributed by atoms with Gasteiger partial charge in [0.25, 0.3) is 15.9 Å². The van der Waals surface area contributed by atoms with Crippen LogP contribution in [0.2, 0.25) is 0 Å². The fourth-order valence-electron chi connectivity index (χ4n) is 2.10. The number of sulfonamides is 1. The highest BCUT2D eigenvalue weighted by atomic mass is 32.2. The van der Waals surface area contributed by atoms with Crippen molar-refractivity contribution >= 4 is 21.6 Å². The first-order valence-corrected chi connectivity index (χ1v) is 8.85. The van der Waals surface area contributed by atoms with Crippen LogP contribution in [0.4, 0.5) is 5.69 Å². The van der Waals surface area contributed by atoms with Crippen molar-refractivity contribution < 1.29 is 13.2 Å². The van der Waals surface area contributed by atoms with Crippen molar-refractivity contribution in [3.05, 3.63) is 72.3 Å². The van der Waals surface area contributed by atoms with Gasteiger partial charge in [0.2, 0.25) is 0 Å². The van der Waals surface area contributed by atoms with Crippen LogP contribution in [-0.2, 0) is 10.0 Å². The average Bonchev–Trinajstić information content (AvgIpc) is 2.59. The number of anilines is 1. The second-order valence-corrected chi connectivity index (χ2v) is 7.30. The van der Waals surface area contributed by atoms with E-state index in [4.69, 9.17) is 0 Å². The molecule has 0 unspecified atom stereocenters. The number of hydrogen-bond donors (Lipinski definition) is 1. The van der Waals surface area contributed by atoms with E-state index < -0.39 is 10.0 Å². The summed E-state index contributed by atoms with van der Waals surface area (Å²) in [6, 6.07) is 13.1. The first-order chi connectivity index (χ1) is 11.4. The molecule has 2 rings (SSSR count). The van der Waals surface area contributed by atoms with Crippen LogP contribution in [0.5, 0.6) is 0 Å². The molecule has 0 heterocycles. The third-order valence-corrected chi connectivity index (χ3v) is 5.38. The predicted molar refractivity (Wildman–Crippen MR) is 95.7 cm³/mol. The Hall–Kier alpha value is -2.60. The van der Waals surface area contributed by atoms with E-state index in [-0.39, 0.29) is 10.8 Å². The quantitative estimate of drug-likeness (QED) is 0.820. The van der Waals surface area contributed by atoms with Crippen molar-refractivity contribution in [2.45, 2.75) is 11.8 Å². The summed E-state index contributed by atoms with van der Waals surface area (Å²) in [4.78, 5) is 12.1. The Bertz CT molecular complexity index is 826. The van der Waals surface area contributed by atoms with E-state index in [1.807, 2.05) is 6.92 Å². The van der Waals surface area contributed by atoms with Crippen molar-refractivity contribution in [2.75, 3.05) is 17.9 Å². The number of carbonyl (C=O) groups is 1. The van der Waals surface area contributed by atoms with E-state index in [9.17, 15) is 13.2 Å². The molecule has 2 aromatic rings. The molecule has 0 saturated carbocycles. The molecule has 0 aliphatic heterocycles. The number of carbonyl (C=O) groups excluding carboxylic acids is 1. The summed E-state index contributed by atoms with van der Waals surface area (Å²) in [7, 11) is -2.15. The van der Waals surface area contributed by atoms with Gasteiger partial charge < -0.3 is 5.32 Å². The minimum absolute atomic E-state index is 0.225. The van der Waals surface area contributed by atoms with Crippen LogP contribution in [0.1, 0.15) is 15.9 Å². The number of nitrogens with zero attached hydrogens (tertiary/aromatic N) is 1. The van der Waals surface area contributed by atoms with Gasteiger partial charge in [-0.15, -0.1) is 6.58 Å². The van der Waals surface area contributed by atoms with Crippen molar-refractivity contribution in [2.24, 2.45) is 0 Å². The standard InChI is InChI=1S/C18H20N2O3S/c1-4-13-19-18(21)15-7-9-16(10-8-15)20(3)24(22,23)17-11-5-14(2)6-12-17/h4-12H,1,13H2,2-3H3,(H,19,21). The molecule has 1 N–H and O–H groups in total. The smallest absolute Gasteiger partial charge is 0.264 e. The molecule has 0 radical (unpaired) electrons. The molecule has 24 heavy (non-hydrogen) atoms. The van der Waals surface area contributed by atoms with Crippen LogP contribution in [0, 0.1) is 6.92 Å². The van der Waals surface area contributed by atoms with Crippen LogP contribution in [0.25, 0.3) is 0 Å². The SMILES string of the molecule is C=CCNC(=O)c1ccc(N(C)S(=O)(=O)c2ccc(C)cc2)cc1. The molecule has 5 nitrogen and oxygen atoms in total. The molecule has 6 heteroatoms. The molecular weight excluding hydrogens is 324 g/mol. The summed E-state index contributed by atoms with van der Waals surface area (Å²) < 4.78 is 26.5. The van der Waals surface area contributed by atoms with Crippen LogP contribution < -0.4 is 9.62 Å². The maximum Gasteiger partial charge on any atom is 0.264 e. The van der Waals surface area contributed by atoms with Crippen LogP contribution in [0.3, 0.4) is 0 Å². The van der Waals surface area contributed by atoms with Gasteiger partial charge in [-0.05, 0) is 43.3 Å². The highest BCUT2D eigenvalue weighted by Gasteiger charge is 2.21. The second-order valence-electron chi connectivity index (χ2n) is 5.33. The van der Waals surface area contributed by atoms with Crippen molar-refractivity contribution in [3.8, 4) is 0 Å². The van der Waals surface area contributed by atoms with Crippen LogP contribution in [0.15, 0.2) is 66.1 Å². The van der Waals surface area contributed by atoms with Crippen molar-refractivity contribution in [1.82, 2.24) is 5.32 Å². The zero-order valence-corrected chi connectivity index (χ0v) is 14.5. The van der Waals surface area contributed by atoms with E-state index in [0.29, 0.717) is 17.8 Å². The molecule has 126 valence electrons. The van der Waals surface area contributed by atoms with Gasteiger partial charge in [0.05, 0.1) is 10.6 Å². The number of benzene rings is 2. The number of amides is 1. The van der Waals surface area contributed by atoms with Gasteiger partial charge in [-0.1, -0.05) is 23.8 Å². The second kappa shape index (κ2) is 7.31. The third kappa shape index (κ3) is 3.83. The molecule has 0 saturated heterocycles. The number of aryl methyl sites for hydroxylation is 1. The van der Waals surface area contributed by atoms with Gasteiger partial charge in [-0.2, -0.15) is 0 Å². The van der Waals surface area contributed by atoms with Gasteiger partial charge in [0, 0.05) is 19.2 Å². The first kappa shape index (κ1) is 17.7. The summed E-state index contributed by atoms with van der Waals surface area (Å²) in [6.45, 7) is 5.81. The van der Waals surface area contributed by atoms with E-state index in [0.717, 1.165) is 5.56 Å². The molecule has 0 atom stereocenters. The normalized spacial score (nSPS) is 10.9. The molecule has 0 aliphatic rings. The number of hydrogen-bond acceptors (Lipinski definition) is 3. The van der Waals surface area contributed by atoms with E-state index in [1.54, 1.807) is 54.6 Å². The van der Waals surface area contributed by atoms with Gasteiger partial charge in [-0.3, -0.25) is 9.10 Å². The maximum atomic E-state index is 12.6. The Morgan fingerprint density at radius 2 is 1.71 bits per heavy atom.